The molecule has 1 aromatic rings. The SMILES string of the molecule is CCN(CC)C(=O)CN(C)CC(=O)NCCOc1ccc(Cl)cc1. The predicted molar refractivity (Wildman–Crippen MR) is 95.4 cm³/mol. The molecule has 1 aromatic carbocycles. The van der Waals surface area contributed by atoms with Gasteiger partial charge in [0.2, 0.25) is 11.8 Å². The van der Waals surface area contributed by atoms with Crippen LogP contribution >= 0.6 is 11.6 Å². The van der Waals surface area contributed by atoms with Gasteiger partial charge in [-0.25, -0.2) is 0 Å². The van der Waals surface area contributed by atoms with Crippen molar-refractivity contribution in [3.05, 3.63) is 29.3 Å². The molecule has 0 spiro atoms. The molecule has 0 fully saturated rings. The van der Waals surface area contributed by atoms with Gasteiger partial charge in [-0.2, -0.15) is 0 Å². The number of hydrogen-bond donors (Lipinski definition) is 1. The molecule has 0 atom stereocenters. The quantitative estimate of drug-likeness (QED) is 0.648. The maximum absolute atomic E-state index is 12.0. The maximum Gasteiger partial charge on any atom is 0.236 e. The van der Waals surface area contributed by atoms with Gasteiger partial charge < -0.3 is 15.0 Å². The number of amides is 2. The van der Waals surface area contributed by atoms with Crippen molar-refractivity contribution < 1.29 is 14.3 Å². The van der Waals surface area contributed by atoms with Gasteiger partial charge >= 0.3 is 0 Å². The van der Waals surface area contributed by atoms with E-state index in [-0.39, 0.29) is 24.9 Å². The van der Waals surface area contributed by atoms with E-state index in [9.17, 15) is 9.59 Å². The van der Waals surface area contributed by atoms with Gasteiger partial charge in [-0.05, 0) is 45.2 Å². The molecule has 0 radical (unpaired) electrons. The summed E-state index contributed by atoms with van der Waals surface area (Å²) in [6, 6.07) is 7.04. The van der Waals surface area contributed by atoms with Crippen LogP contribution in [-0.4, -0.2) is 68.0 Å². The van der Waals surface area contributed by atoms with E-state index in [0.717, 1.165) is 0 Å². The Morgan fingerprint density at radius 2 is 1.75 bits per heavy atom. The minimum atomic E-state index is -0.135. The van der Waals surface area contributed by atoms with Crippen LogP contribution in [-0.2, 0) is 9.59 Å². The lowest BCUT2D eigenvalue weighted by atomic mass is 10.3. The summed E-state index contributed by atoms with van der Waals surface area (Å²) in [5, 5.41) is 3.42. The number of rotatable bonds is 10. The van der Waals surface area contributed by atoms with Crippen molar-refractivity contribution in [2.24, 2.45) is 0 Å². The summed E-state index contributed by atoms with van der Waals surface area (Å²) < 4.78 is 5.49. The van der Waals surface area contributed by atoms with Gasteiger partial charge in [0.15, 0.2) is 0 Å². The molecule has 0 aliphatic carbocycles. The van der Waals surface area contributed by atoms with Gasteiger partial charge in [-0.3, -0.25) is 14.5 Å². The van der Waals surface area contributed by atoms with Crippen molar-refractivity contribution in [3.8, 4) is 5.75 Å². The molecule has 1 N–H and O–H groups in total. The fraction of sp³-hybridized carbons (Fsp3) is 0.529. The highest BCUT2D eigenvalue weighted by atomic mass is 35.5. The number of ether oxygens (including phenoxy) is 1. The third-order valence-electron chi connectivity index (χ3n) is 3.44. The smallest absolute Gasteiger partial charge is 0.236 e. The van der Waals surface area contributed by atoms with Gasteiger partial charge in [0.05, 0.1) is 19.6 Å². The molecule has 7 heteroatoms. The second kappa shape index (κ2) is 10.9. The van der Waals surface area contributed by atoms with Crippen LogP contribution in [0.2, 0.25) is 5.02 Å². The van der Waals surface area contributed by atoms with E-state index in [1.54, 1.807) is 41.1 Å². The summed E-state index contributed by atoms with van der Waals surface area (Å²) in [5.41, 5.74) is 0. The monoisotopic (exact) mass is 355 g/mol. The minimum Gasteiger partial charge on any atom is -0.492 e. The van der Waals surface area contributed by atoms with Gasteiger partial charge in [-0.15, -0.1) is 0 Å². The molecule has 0 aromatic heterocycles. The Hall–Kier alpha value is -1.79. The largest absolute Gasteiger partial charge is 0.492 e. The number of halogens is 1. The molecule has 0 bridgehead atoms. The van der Waals surface area contributed by atoms with Crippen molar-refractivity contribution >= 4 is 23.4 Å². The Morgan fingerprint density at radius 3 is 2.33 bits per heavy atom. The molecular weight excluding hydrogens is 330 g/mol. The van der Waals surface area contributed by atoms with Gasteiger partial charge in [0.25, 0.3) is 0 Å². The first-order chi connectivity index (χ1) is 11.5. The maximum atomic E-state index is 12.0. The van der Waals surface area contributed by atoms with Crippen molar-refractivity contribution in [1.29, 1.82) is 0 Å². The first-order valence-electron chi connectivity index (χ1n) is 8.07. The zero-order valence-electron chi connectivity index (χ0n) is 14.5. The predicted octanol–water partition coefficient (Wildman–Crippen LogP) is 1.64. The Balaban J connectivity index is 2.21. The molecule has 0 unspecified atom stereocenters. The standard InChI is InChI=1S/C17H26ClN3O3/c1-4-21(5-2)17(23)13-20(3)12-16(22)19-10-11-24-15-8-6-14(18)7-9-15/h6-9H,4-5,10-13H2,1-3H3,(H,19,22). The molecule has 2 amide bonds. The molecule has 0 heterocycles. The number of carbonyl (C=O) groups is 2. The number of likely N-dealkylation sites (N-methyl/N-ethyl adjacent to an activating group) is 2. The highest BCUT2D eigenvalue weighted by molar-refractivity contribution is 6.30. The lowest BCUT2D eigenvalue weighted by molar-refractivity contribution is -0.132. The highest BCUT2D eigenvalue weighted by Gasteiger charge is 2.14. The van der Waals surface area contributed by atoms with E-state index in [1.165, 1.54) is 0 Å². The summed E-state index contributed by atoms with van der Waals surface area (Å²) in [5.74, 6) is 0.599. The van der Waals surface area contributed by atoms with Crippen molar-refractivity contribution in [2.45, 2.75) is 13.8 Å². The van der Waals surface area contributed by atoms with Crippen LogP contribution in [0.15, 0.2) is 24.3 Å². The van der Waals surface area contributed by atoms with E-state index in [1.807, 2.05) is 13.8 Å². The summed E-state index contributed by atoms with van der Waals surface area (Å²) in [6.45, 7) is 6.41. The third-order valence-corrected chi connectivity index (χ3v) is 3.69. The summed E-state index contributed by atoms with van der Waals surface area (Å²) in [7, 11) is 1.76. The van der Waals surface area contributed by atoms with Crippen molar-refractivity contribution in [2.75, 3.05) is 46.4 Å². The fourth-order valence-electron chi connectivity index (χ4n) is 2.15. The van der Waals surface area contributed by atoms with Gasteiger partial charge in [-0.1, -0.05) is 11.6 Å². The van der Waals surface area contributed by atoms with Gasteiger partial charge in [0, 0.05) is 18.1 Å². The molecule has 0 aliphatic rings. The normalized spacial score (nSPS) is 10.5. The molecule has 1 rings (SSSR count). The summed E-state index contributed by atoms with van der Waals surface area (Å²) in [4.78, 5) is 27.3. The van der Waals surface area contributed by atoms with Crippen LogP contribution in [0.3, 0.4) is 0 Å². The Bertz CT molecular complexity index is 518. The zero-order valence-corrected chi connectivity index (χ0v) is 15.3. The van der Waals surface area contributed by atoms with E-state index >= 15 is 0 Å². The van der Waals surface area contributed by atoms with Crippen molar-refractivity contribution in [1.82, 2.24) is 15.1 Å². The number of nitrogens with zero attached hydrogens (tertiary/aromatic N) is 2. The topological polar surface area (TPSA) is 61.9 Å². The van der Waals surface area contributed by atoms with Crippen LogP contribution in [0.1, 0.15) is 13.8 Å². The Kier molecular flexibility index (Phi) is 9.19. The summed E-state index contributed by atoms with van der Waals surface area (Å²) >= 11 is 5.79. The molecule has 24 heavy (non-hydrogen) atoms. The molecule has 134 valence electrons. The van der Waals surface area contributed by atoms with Crippen LogP contribution in [0.5, 0.6) is 5.75 Å². The van der Waals surface area contributed by atoms with Crippen LogP contribution < -0.4 is 10.1 Å². The number of nitrogens with one attached hydrogen (secondary N) is 1. The lowest BCUT2D eigenvalue weighted by Crippen LogP contribution is -2.43. The van der Waals surface area contributed by atoms with Crippen LogP contribution in [0, 0.1) is 0 Å². The summed E-state index contributed by atoms with van der Waals surface area (Å²) in [6.07, 6.45) is 0. The second-order valence-electron chi connectivity index (χ2n) is 5.39. The first-order valence-corrected chi connectivity index (χ1v) is 8.45. The van der Waals surface area contributed by atoms with Crippen molar-refractivity contribution in [3.63, 3.8) is 0 Å². The molecule has 0 aliphatic heterocycles. The lowest BCUT2D eigenvalue weighted by Gasteiger charge is -2.22. The molecule has 0 saturated carbocycles. The average molecular weight is 356 g/mol. The van der Waals surface area contributed by atoms with Crippen LogP contribution in [0.25, 0.3) is 0 Å². The first kappa shape index (κ1) is 20.3. The Morgan fingerprint density at radius 1 is 1.12 bits per heavy atom. The van der Waals surface area contributed by atoms with Crippen LogP contribution in [0.4, 0.5) is 0 Å². The van der Waals surface area contributed by atoms with Gasteiger partial charge in [0.1, 0.15) is 12.4 Å². The van der Waals surface area contributed by atoms with E-state index in [4.69, 9.17) is 16.3 Å². The number of hydrogen-bond acceptors (Lipinski definition) is 4. The zero-order chi connectivity index (χ0) is 17.9. The van der Waals surface area contributed by atoms with E-state index in [2.05, 4.69) is 5.32 Å². The van der Waals surface area contributed by atoms with E-state index < -0.39 is 0 Å². The molecule has 6 nitrogen and oxygen atoms in total. The number of carbonyl (C=O) groups excluding carboxylic acids is 2. The second-order valence-corrected chi connectivity index (χ2v) is 5.83. The third kappa shape index (κ3) is 7.66. The highest BCUT2D eigenvalue weighted by Crippen LogP contribution is 2.15. The fourth-order valence-corrected chi connectivity index (χ4v) is 2.28. The molecule has 0 saturated heterocycles. The minimum absolute atomic E-state index is 0.0290. The molecular formula is C17H26ClN3O3. The number of benzene rings is 1. The van der Waals surface area contributed by atoms with E-state index in [0.29, 0.717) is 37.0 Å². The Labute approximate surface area is 148 Å². The average Bonchev–Trinajstić information content (AvgIpc) is 2.54.